The van der Waals surface area contributed by atoms with Gasteiger partial charge in [-0.15, -0.1) is 0 Å². The van der Waals surface area contributed by atoms with Crippen molar-refractivity contribution in [3.63, 3.8) is 0 Å². The Hall–Kier alpha value is -1.35. The molecule has 17 heavy (non-hydrogen) atoms. The fourth-order valence-electron chi connectivity index (χ4n) is 2.83. The molecule has 0 atom stereocenters. The monoisotopic (exact) mass is 231 g/mol. The van der Waals surface area contributed by atoms with Gasteiger partial charge in [0.1, 0.15) is 13.1 Å². The number of benzene rings is 1. The van der Waals surface area contributed by atoms with Crippen LogP contribution in [0.4, 0.5) is 0 Å². The Morgan fingerprint density at radius 1 is 1.12 bits per heavy atom. The van der Waals surface area contributed by atoms with Gasteiger partial charge in [-0.2, -0.15) is 0 Å². The summed E-state index contributed by atoms with van der Waals surface area (Å²) in [5, 5.41) is 0. The SMILES string of the molecule is c1ccc2c(c1)[nH]c[n+]2CC[NH+]1CCCCC1. The molecule has 1 aromatic heterocycles. The maximum absolute atomic E-state index is 3.33. The average Bonchev–Trinajstić information content (AvgIpc) is 2.81. The maximum atomic E-state index is 3.33. The minimum Gasteiger partial charge on any atom is -0.332 e. The van der Waals surface area contributed by atoms with Crippen LogP contribution in [0.15, 0.2) is 30.6 Å². The predicted molar refractivity (Wildman–Crippen MR) is 67.9 cm³/mol. The summed E-state index contributed by atoms with van der Waals surface area (Å²) in [5.41, 5.74) is 2.56. The fraction of sp³-hybridized carbons (Fsp3) is 0.500. The lowest BCUT2D eigenvalue weighted by Crippen LogP contribution is -3.13. The molecule has 0 aliphatic carbocycles. The van der Waals surface area contributed by atoms with Crippen LogP contribution < -0.4 is 9.47 Å². The largest absolute Gasteiger partial charge is 0.332 e. The lowest BCUT2D eigenvalue weighted by atomic mass is 10.1. The third kappa shape index (κ3) is 2.34. The molecule has 2 aromatic rings. The van der Waals surface area contributed by atoms with Crippen LogP contribution in [0.25, 0.3) is 11.0 Å². The van der Waals surface area contributed by atoms with Crippen molar-refractivity contribution >= 4 is 11.0 Å². The van der Waals surface area contributed by atoms with E-state index in [4.69, 9.17) is 0 Å². The van der Waals surface area contributed by atoms with Gasteiger partial charge in [0, 0.05) is 0 Å². The molecule has 1 aromatic carbocycles. The van der Waals surface area contributed by atoms with Crippen LogP contribution in [0.5, 0.6) is 0 Å². The average molecular weight is 231 g/mol. The normalized spacial score (nSPS) is 17.6. The number of likely N-dealkylation sites (tertiary alicyclic amines) is 1. The van der Waals surface area contributed by atoms with E-state index >= 15 is 0 Å². The van der Waals surface area contributed by atoms with Crippen molar-refractivity contribution in [3.05, 3.63) is 30.6 Å². The molecule has 0 radical (unpaired) electrons. The first-order valence-corrected chi connectivity index (χ1v) is 6.72. The molecule has 3 nitrogen and oxygen atoms in total. The Morgan fingerprint density at radius 2 is 1.94 bits per heavy atom. The quantitative estimate of drug-likeness (QED) is 0.720. The molecule has 3 rings (SSSR count). The number of imidazole rings is 1. The highest BCUT2D eigenvalue weighted by molar-refractivity contribution is 5.70. The second-order valence-corrected chi connectivity index (χ2v) is 5.04. The van der Waals surface area contributed by atoms with Crippen molar-refractivity contribution in [2.75, 3.05) is 19.6 Å². The number of nitrogens with one attached hydrogen (secondary N) is 2. The molecular weight excluding hydrogens is 210 g/mol. The second kappa shape index (κ2) is 4.88. The Bertz CT molecular complexity index is 483. The number of aromatic amines is 1. The van der Waals surface area contributed by atoms with Crippen LogP contribution in [-0.4, -0.2) is 24.6 Å². The molecule has 1 fully saturated rings. The van der Waals surface area contributed by atoms with E-state index in [1.807, 2.05) is 0 Å². The molecule has 1 aliphatic rings. The van der Waals surface area contributed by atoms with Gasteiger partial charge < -0.3 is 4.90 Å². The molecule has 2 heterocycles. The summed E-state index contributed by atoms with van der Waals surface area (Å²) in [4.78, 5) is 5.10. The van der Waals surface area contributed by atoms with E-state index in [0.29, 0.717) is 0 Å². The molecular formula is C14H21N3+2. The summed E-state index contributed by atoms with van der Waals surface area (Å²) >= 11 is 0. The number of rotatable bonds is 3. The third-order valence-corrected chi connectivity index (χ3v) is 3.86. The Balaban J connectivity index is 1.68. The van der Waals surface area contributed by atoms with Crippen molar-refractivity contribution < 1.29 is 9.47 Å². The van der Waals surface area contributed by atoms with Gasteiger partial charge in [-0.1, -0.05) is 12.1 Å². The van der Waals surface area contributed by atoms with Gasteiger partial charge in [-0.3, -0.25) is 0 Å². The zero-order valence-corrected chi connectivity index (χ0v) is 10.3. The third-order valence-electron chi connectivity index (χ3n) is 3.86. The van der Waals surface area contributed by atoms with Gasteiger partial charge >= 0.3 is 0 Å². The molecule has 0 amide bonds. The first-order chi connectivity index (χ1) is 8.43. The van der Waals surface area contributed by atoms with E-state index in [2.05, 4.69) is 40.1 Å². The number of hydrogen-bond acceptors (Lipinski definition) is 0. The fourth-order valence-corrected chi connectivity index (χ4v) is 2.83. The summed E-state index contributed by atoms with van der Waals surface area (Å²) in [6.45, 7) is 5.11. The Morgan fingerprint density at radius 3 is 2.82 bits per heavy atom. The van der Waals surface area contributed by atoms with Crippen LogP contribution in [0.1, 0.15) is 19.3 Å². The minimum atomic E-state index is 1.12. The van der Waals surface area contributed by atoms with E-state index in [1.54, 1.807) is 4.90 Å². The van der Waals surface area contributed by atoms with Gasteiger partial charge in [-0.05, 0) is 31.4 Å². The van der Waals surface area contributed by atoms with Crippen molar-refractivity contribution in [1.29, 1.82) is 0 Å². The highest BCUT2D eigenvalue weighted by Crippen LogP contribution is 2.04. The Kier molecular flexibility index (Phi) is 3.10. The summed E-state index contributed by atoms with van der Waals surface area (Å²) in [5.74, 6) is 0. The molecule has 1 aliphatic heterocycles. The van der Waals surface area contributed by atoms with E-state index < -0.39 is 0 Å². The van der Waals surface area contributed by atoms with Crippen molar-refractivity contribution in [2.45, 2.75) is 25.8 Å². The van der Waals surface area contributed by atoms with E-state index in [9.17, 15) is 0 Å². The molecule has 0 spiro atoms. The number of hydrogen-bond donors (Lipinski definition) is 2. The number of H-pyrrole nitrogens is 1. The van der Waals surface area contributed by atoms with Crippen molar-refractivity contribution in [3.8, 4) is 0 Å². The summed E-state index contributed by atoms with van der Waals surface area (Å²) in [7, 11) is 0. The van der Waals surface area contributed by atoms with Gasteiger partial charge in [0.2, 0.25) is 6.33 Å². The van der Waals surface area contributed by atoms with Crippen LogP contribution in [0.2, 0.25) is 0 Å². The smallest absolute Gasteiger partial charge is 0.242 e. The van der Waals surface area contributed by atoms with Gasteiger partial charge in [0.05, 0.1) is 13.1 Å². The summed E-state index contributed by atoms with van der Waals surface area (Å²) in [6, 6.07) is 8.52. The van der Waals surface area contributed by atoms with Crippen molar-refractivity contribution in [2.24, 2.45) is 0 Å². The van der Waals surface area contributed by atoms with Gasteiger partial charge in [0.25, 0.3) is 0 Å². The number of quaternary nitrogens is 1. The highest BCUT2D eigenvalue weighted by atomic mass is 15.2. The van der Waals surface area contributed by atoms with E-state index in [0.717, 1.165) is 6.54 Å². The standard InChI is InChI=1S/C14H19N3/c1-4-8-16(9-5-1)10-11-17-12-15-13-6-2-3-7-14(13)17/h2-3,6-7,12H,1,4-5,8-11H2/p+2. The molecule has 0 bridgehead atoms. The van der Waals surface area contributed by atoms with Crippen LogP contribution in [0, 0.1) is 0 Å². The van der Waals surface area contributed by atoms with E-state index in [1.165, 1.54) is 49.9 Å². The highest BCUT2D eigenvalue weighted by Gasteiger charge is 2.15. The number of fused-ring (bicyclic) bond motifs is 1. The molecule has 3 heteroatoms. The second-order valence-electron chi connectivity index (χ2n) is 5.04. The van der Waals surface area contributed by atoms with Crippen LogP contribution in [0.3, 0.4) is 0 Å². The number of nitrogens with zero attached hydrogens (tertiary/aromatic N) is 1. The summed E-state index contributed by atoms with van der Waals surface area (Å²) < 4.78 is 2.34. The lowest BCUT2D eigenvalue weighted by Gasteiger charge is -2.22. The predicted octanol–water partition coefficient (Wildman–Crippen LogP) is 0.524. The zero-order chi connectivity index (χ0) is 11.5. The topological polar surface area (TPSA) is 24.1 Å². The summed E-state index contributed by atoms with van der Waals surface area (Å²) in [6.07, 6.45) is 6.36. The first kappa shape index (κ1) is 10.8. The van der Waals surface area contributed by atoms with Gasteiger partial charge in [-0.25, -0.2) is 9.55 Å². The molecule has 90 valence electrons. The lowest BCUT2D eigenvalue weighted by molar-refractivity contribution is -0.921. The number of aromatic nitrogens is 2. The van der Waals surface area contributed by atoms with Crippen LogP contribution in [-0.2, 0) is 6.54 Å². The minimum absolute atomic E-state index is 1.12. The first-order valence-electron chi connectivity index (χ1n) is 6.72. The zero-order valence-electron chi connectivity index (χ0n) is 10.3. The Labute approximate surface area is 102 Å². The molecule has 0 saturated carbocycles. The number of para-hydroxylation sites is 2. The number of piperidine rings is 1. The van der Waals surface area contributed by atoms with Gasteiger partial charge in [0.15, 0.2) is 11.0 Å². The molecule has 2 N–H and O–H groups in total. The van der Waals surface area contributed by atoms with Crippen molar-refractivity contribution in [1.82, 2.24) is 4.98 Å². The molecule has 0 unspecified atom stereocenters. The maximum Gasteiger partial charge on any atom is 0.242 e. The molecule has 1 saturated heterocycles. The van der Waals surface area contributed by atoms with E-state index in [-0.39, 0.29) is 0 Å². The van der Waals surface area contributed by atoms with Crippen LogP contribution >= 0.6 is 0 Å².